The summed E-state index contributed by atoms with van der Waals surface area (Å²) >= 11 is 15.9. The standard InChI is InChI=1S/C18H19Cl2N3S2/c1-10(2)23-17(13-8-24-12(4)11(13)3)21-22-18(23)25-9-14-15(19)6-5-7-16(14)20/h5-8,10H,9H2,1-4H3. The SMILES string of the molecule is Cc1scc(-c2nnc(SCc3c(Cl)cccc3Cl)n2C(C)C)c1C. The second-order valence-corrected chi connectivity index (χ2v) is 8.93. The van der Waals surface area contributed by atoms with Gasteiger partial charge in [0.2, 0.25) is 0 Å². The molecule has 0 saturated carbocycles. The fourth-order valence-electron chi connectivity index (χ4n) is 2.57. The van der Waals surface area contributed by atoms with E-state index in [-0.39, 0.29) is 6.04 Å². The zero-order valence-electron chi connectivity index (χ0n) is 14.5. The van der Waals surface area contributed by atoms with Gasteiger partial charge in [0, 0.05) is 37.7 Å². The Morgan fingerprint density at radius 1 is 1.16 bits per heavy atom. The molecule has 0 N–H and O–H groups in total. The minimum absolute atomic E-state index is 0.258. The molecule has 3 aromatic rings. The first-order chi connectivity index (χ1) is 11.9. The number of halogens is 2. The first-order valence-electron chi connectivity index (χ1n) is 7.95. The van der Waals surface area contributed by atoms with Gasteiger partial charge in [0.15, 0.2) is 11.0 Å². The normalized spacial score (nSPS) is 11.5. The van der Waals surface area contributed by atoms with Crippen molar-refractivity contribution in [1.29, 1.82) is 0 Å². The van der Waals surface area contributed by atoms with Crippen molar-refractivity contribution < 1.29 is 0 Å². The van der Waals surface area contributed by atoms with E-state index in [0.717, 1.165) is 22.1 Å². The molecule has 0 bridgehead atoms. The number of benzene rings is 1. The number of hydrogen-bond donors (Lipinski definition) is 0. The van der Waals surface area contributed by atoms with E-state index >= 15 is 0 Å². The van der Waals surface area contributed by atoms with Gasteiger partial charge in [0.1, 0.15) is 0 Å². The average Bonchev–Trinajstić information content (AvgIpc) is 3.11. The molecule has 0 radical (unpaired) electrons. The molecule has 3 rings (SSSR count). The van der Waals surface area contributed by atoms with E-state index in [0.29, 0.717) is 15.8 Å². The minimum atomic E-state index is 0.258. The molecule has 0 amide bonds. The number of aromatic nitrogens is 3. The third-order valence-corrected chi connectivity index (χ3v) is 6.81. The highest BCUT2D eigenvalue weighted by Gasteiger charge is 2.20. The second-order valence-electron chi connectivity index (χ2n) is 6.09. The quantitative estimate of drug-likeness (QED) is 0.432. The first kappa shape index (κ1) is 18.8. The number of aryl methyl sites for hydroxylation is 1. The highest BCUT2D eigenvalue weighted by atomic mass is 35.5. The van der Waals surface area contributed by atoms with Crippen LogP contribution < -0.4 is 0 Å². The summed E-state index contributed by atoms with van der Waals surface area (Å²) in [6, 6.07) is 5.84. The van der Waals surface area contributed by atoms with Gasteiger partial charge >= 0.3 is 0 Å². The van der Waals surface area contributed by atoms with Gasteiger partial charge in [0.25, 0.3) is 0 Å². The Morgan fingerprint density at radius 3 is 2.40 bits per heavy atom. The van der Waals surface area contributed by atoms with E-state index in [9.17, 15) is 0 Å². The summed E-state index contributed by atoms with van der Waals surface area (Å²) in [5.41, 5.74) is 3.36. The van der Waals surface area contributed by atoms with Crippen LogP contribution >= 0.6 is 46.3 Å². The number of hydrogen-bond acceptors (Lipinski definition) is 4. The Bertz CT molecular complexity index is 880. The highest BCUT2D eigenvalue weighted by molar-refractivity contribution is 7.98. The average molecular weight is 412 g/mol. The summed E-state index contributed by atoms with van der Waals surface area (Å²) in [5, 5.41) is 13.3. The van der Waals surface area contributed by atoms with Crippen LogP contribution in [0.2, 0.25) is 10.0 Å². The summed E-state index contributed by atoms with van der Waals surface area (Å²) in [6.07, 6.45) is 0. The molecule has 2 heterocycles. The third kappa shape index (κ3) is 3.75. The molecule has 132 valence electrons. The Kier molecular flexibility index (Phi) is 5.78. The molecule has 0 spiro atoms. The van der Waals surface area contributed by atoms with Crippen LogP contribution in [0.5, 0.6) is 0 Å². The van der Waals surface area contributed by atoms with Crippen LogP contribution in [-0.2, 0) is 5.75 Å². The van der Waals surface area contributed by atoms with E-state index in [1.54, 1.807) is 23.1 Å². The monoisotopic (exact) mass is 411 g/mol. The lowest BCUT2D eigenvalue weighted by molar-refractivity contribution is 0.555. The molecule has 0 fully saturated rings. The number of nitrogens with zero attached hydrogens (tertiary/aromatic N) is 3. The molecular weight excluding hydrogens is 393 g/mol. The Hall–Kier alpha value is -1.01. The van der Waals surface area contributed by atoms with E-state index in [1.807, 2.05) is 18.2 Å². The molecule has 25 heavy (non-hydrogen) atoms. The maximum Gasteiger partial charge on any atom is 0.192 e. The van der Waals surface area contributed by atoms with Crippen LogP contribution in [0.4, 0.5) is 0 Å². The largest absolute Gasteiger partial charge is 0.299 e. The predicted octanol–water partition coefficient (Wildman–Crippen LogP) is 6.80. The lowest BCUT2D eigenvalue weighted by atomic mass is 10.1. The van der Waals surface area contributed by atoms with Crippen LogP contribution in [0, 0.1) is 13.8 Å². The van der Waals surface area contributed by atoms with Crippen molar-refractivity contribution in [2.24, 2.45) is 0 Å². The van der Waals surface area contributed by atoms with Crippen LogP contribution in [0.25, 0.3) is 11.4 Å². The molecule has 0 aliphatic rings. The molecule has 0 aliphatic heterocycles. The maximum absolute atomic E-state index is 6.28. The zero-order valence-corrected chi connectivity index (χ0v) is 17.7. The van der Waals surface area contributed by atoms with Gasteiger partial charge < -0.3 is 0 Å². The number of thioether (sulfide) groups is 1. The van der Waals surface area contributed by atoms with Crippen molar-refractivity contribution in [1.82, 2.24) is 14.8 Å². The molecule has 3 nitrogen and oxygen atoms in total. The lowest BCUT2D eigenvalue weighted by Gasteiger charge is -2.14. The summed E-state index contributed by atoms with van der Waals surface area (Å²) in [4.78, 5) is 1.31. The lowest BCUT2D eigenvalue weighted by Crippen LogP contribution is -2.05. The van der Waals surface area contributed by atoms with Gasteiger partial charge in [0.05, 0.1) is 0 Å². The van der Waals surface area contributed by atoms with Gasteiger partial charge in [-0.25, -0.2) is 0 Å². The van der Waals surface area contributed by atoms with Crippen LogP contribution in [0.1, 0.15) is 35.9 Å². The molecule has 7 heteroatoms. The van der Waals surface area contributed by atoms with Crippen LogP contribution in [-0.4, -0.2) is 14.8 Å². The van der Waals surface area contributed by atoms with Crippen molar-refractivity contribution in [3.05, 3.63) is 49.6 Å². The molecule has 1 aromatic carbocycles. The molecular formula is C18H19Cl2N3S2. The van der Waals surface area contributed by atoms with Gasteiger partial charge in [-0.05, 0) is 51.0 Å². The van der Waals surface area contributed by atoms with Gasteiger partial charge in [-0.2, -0.15) is 0 Å². The van der Waals surface area contributed by atoms with E-state index < -0.39 is 0 Å². The zero-order chi connectivity index (χ0) is 18.1. The van der Waals surface area contributed by atoms with E-state index in [2.05, 4.69) is 47.8 Å². The summed E-state index contributed by atoms with van der Waals surface area (Å²) in [6.45, 7) is 8.56. The summed E-state index contributed by atoms with van der Waals surface area (Å²) in [5.74, 6) is 1.58. The fraction of sp³-hybridized carbons (Fsp3) is 0.333. The van der Waals surface area contributed by atoms with Crippen molar-refractivity contribution in [2.75, 3.05) is 0 Å². The van der Waals surface area contributed by atoms with Crippen molar-refractivity contribution in [2.45, 2.75) is 44.6 Å². The van der Waals surface area contributed by atoms with Gasteiger partial charge in [-0.1, -0.05) is 41.0 Å². The predicted molar refractivity (Wildman–Crippen MR) is 109 cm³/mol. The highest BCUT2D eigenvalue weighted by Crippen LogP contribution is 2.36. The fourth-order valence-corrected chi connectivity index (χ4v) is 5.24. The smallest absolute Gasteiger partial charge is 0.192 e. The Morgan fingerprint density at radius 2 is 1.84 bits per heavy atom. The van der Waals surface area contributed by atoms with E-state index in [1.165, 1.54) is 10.4 Å². The molecule has 0 unspecified atom stereocenters. The van der Waals surface area contributed by atoms with Gasteiger partial charge in [-0.3, -0.25) is 4.57 Å². The number of rotatable bonds is 5. The number of thiophene rings is 1. The first-order valence-corrected chi connectivity index (χ1v) is 10.6. The molecule has 0 saturated heterocycles. The Balaban J connectivity index is 1.94. The van der Waals surface area contributed by atoms with Crippen molar-refractivity contribution in [3.63, 3.8) is 0 Å². The summed E-state index contributed by atoms with van der Waals surface area (Å²) < 4.78 is 2.18. The van der Waals surface area contributed by atoms with Crippen molar-refractivity contribution in [3.8, 4) is 11.4 Å². The Labute approximate surface area is 166 Å². The molecule has 0 aliphatic carbocycles. The topological polar surface area (TPSA) is 30.7 Å². The minimum Gasteiger partial charge on any atom is -0.299 e. The molecule has 0 atom stereocenters. The van der Waals surface area contributed by atoms with E-state index in [4.69, 9.17) is 23.2 Å². The summed E-state index contributed by atoms with van der Waals surface area (Å²) in [7, 11) is 0. The van der Waals surface area contributed by atoms with Crippen molar-refractivity contribution >= 4 is 46.3 Å². The second kappa shape index (κ2) is 7.70. The third-order valence-electron chi connectivity index (χ3n) is 4.11. The van der Waals surface area contributed by atoms with Crippen LogP contribution in [0.15, 0.2) is 28.7 Å². The van der Waals surface area contributed by atoms with Gasteiger partial charge in [-0.15, -0.1) is 21.5 Å². The van der Waals surface area contributed by atoms with Crippen LogP contribution in [0.3, 0.4) is 0 Å². The molecule has 2 aromatic heterocycles. The maximum atomic E-state index is 6.28.